The van der Waals surface area contributed by atoms with Crippen molar-refractivity contribution in [2.45, 2.75) is 13.2 Å². The van der Waals surface area contributed by atoms with Gasteiger partial charge in [-0.25, -0.2) is 0 Å². The minimum Gasteiger partial charge on any atom is -0.489 e. The van der Waals surface area contributed by atoms with E-state index in [1.54, 1.807) is 12.1 Å². The Morgan fingerprint density at radius 1 is 0.933 bits per heavy atom. The number of nitrogens with zero attached hydrogens (tertiary/aromatic N) is 1. The van der Waals surface area contributed by atoms with Crippen LogP contribution in [0.25, 0.3) is 0 Å². The fourth-order valence-electron chi connectivity index (χ4n) is 3.05. The van der Waals surface area contributed by atoms with Crippen LogP contribution >= 0.6 is 0 Å². The lowest BCUT2D eigenvalue weighted by molar-refractivity contribution is 0.0951. The largest absolute Gasteiger partial charge is 0.489 e. The Balaban J connectivity index is 1.25. The predicted molar refractivity (Wildman–Crippen MR) is 119 cm³/mol. The number of benzene rings is 3. The van der Waals surface area contributed by atoms with Gasteiger partial charge in [0.05, 0.1) is 6.54 Å². The van der Waals surface area contributed by atoms with Crippen LogP contribution in [0.3, 0.4) is 0 Å². The van der Waals surface area contributed by atoms with E-state index in [1.165, 1.54) is 0 Å². The third kappa shape index (κ3) is 5.38. The summed E-state index contributed by atoms with van der Waals surface area (Å²) in [6.07, 6.45) is 0. The molecule has 30 heavy (non-hydrogen) atoms. The summed E-state index contributed by atoms with van der Waals surface area (Å²) in [4.78, 5) is 16.7. The molecule has 0 saturated carbocycles. The number of rotatable bonds is 7. The van der Waals surface area contributed by atoms with E-state index >= 15 is 0 Å². The highest BCUT2D eigenvalue weighted by molar-refractivity contribution is 5.95. The van der Waals surface area contributed by atoms with E-state index in [0.29, 0.717) is 18.7 Å². The summed E-state index contributed by atoms with van der Waals surface area (Å²) >= 11 is 0. The molecule has 152 valence electrons. The molecule has 0 fully saturated rings. The topological polar surface area (TPSA) is 74.8 Å². The molecule has 4 rings (SSSR count). The number of ether oxygens (including phenoxy) is 1. The lowest BCUT2D eigenvalue weighted by Crippen LogP contribution is -2.26. The number of guanidine groups is 1. The van der Waals surface area contributed by atoms with E-state index in [-0.39, 0.29) is 5.91 Å². The summed E-state index contributed by atoms with van der Waals surface area (Å²) in [6.45, 7) is 2.63. The molecule has 1 aliphatic rings. The average Bonchev–Trinajstić information content (AvgIpc) is 3.31. The zero-order valence-electron chi connectivity index (χ0n) is 16.6. The number of amides is 1. The zero-order chi connectivity index (χ0) is 20.6. The zero-order valence-corrected chi connectivity index (χ0v) is 16.6. The fourth-order valence-corrected chi connectivity index (χ4v) is 3.05. The van der Waals surface area contributed by atoms with Crippen LogP contribution in [0.15, 0.2) is 83.9 Å². The first-order valence-electron chi connectivity index (χ1n) is 9.95. The van der Waals surface area contributed by atoms with E-state index in [1.807, 2.05) is 66.7 Å². The molecular formula is C24H24N4O2. The second-order valence-corrected chi connectivity index (χ2v) is 6.96. The Kier molecular flexibility index (Phi) is 6.25. The van der Waals surface area contributed by atoms with Crippen molar-refractivity contribution in [2.75, 3.05) is 18.4 Å². The predicted octanol–water partition coefficient (Wildman–Crippen LogP) is 3.57. The van der Waals surface area contributed by atoms with Crippen molar-refractivity contribution >= 4 is 17.6 Å². The van der Waals surface area contributed by atoms with E-state index in [0.717, 1.165) is 41.6 Å². The normalized spacial score (nSPS) is 12.6. The monoisotopic (exact) mass is 400 g/mol. The second-order valence-electron chi connectivity index (χ2n) is 6.96. The van der Waals surface area contributed by atoms with Crippen LogP contribution in [0.5, 0.6) is 5.75 Å². The van der Waals surface area contributed by atoms with Gasteiger partial charge in [0.1, 0.15) is 12.4 Å². The van der Waals surface area contributed by atoms with Crippen LogP contribution in [0.1, 0.15) is 21.5 Å². The van der Waals surface area contributed by atoms with E-state index < -0.39 is 0 Å². The number of nitrogens with one attached hydrogen (secondary N) is 3. The molecule has 0 atom stereocenters. The Morgan fingerprint density at radius 3 is 2.40 bits per heavy atom. The molecule has 0 aliphatic carbocycles. The van der Waals surface area contributed by atoms with Gasteiger partial charge in [-0.2, -0.15) is 0 Å². The molecular weight excluding hydrogens is 376 g/mol. The molecule has 3 aromatic carbocycles. The van der Waals surface area contributed by atoms with E-state index in [4.69, 9.17) is 4.74 Å². The maximum absolute atomic E-state index is 12.4. The number of hydrogen-bond donors (Lipinski definition) is 3. The number of carbonyl (C=O) groups is 1. The summed E-state index contributed by atoms with van der Waals surface area (Å²) in [5.74, 6) is 1.42. The van der Waals surface area contributed by atoms with Gasteiger partial charge in [-0.1, -0.05) is 42.5 Å². The van der Waals surface area contributed by atoms with Gasteiger partial charge in [-0.05, 0) is 47.5 Å². The standard InChI is InChI=1S/C24H24N4O2/c29-23(20-8-12-22(13-9-20)30-17-19-4-2-1-3-5-19)27-16-18-6-10-21(11-7-18)28-24-25-14-15-26-24/h1-13H,14-17H2,(H,27,29)(H2,25,26,28). The summed E-state index contributed by atoms with van der Waals surface area (Å²) in [5.41, 5.74) is 3.70. The molecule has 0 radical (unpaired) electrons. The number of carbonyl (C=O) groups excluding carboxylic acids is 1. The van der Waals surface area contributed by atoms with Gasteiger partial charge >= 0.3 is 0 Å². The Hall–Kier alpha value is -3.80. The number of hydrogen-bond acceptors (Lipinski definition) is 5. The maximum atomic E-state index is 12.4. The van der Waals surface area contributed by atoms with Crippen molar-refractivity contribution in [3.05, 3.63) is 95.6 Å². The molecule has 0 spiro atoms. The van der Waals surface area contributed by atoms with Crippen LogP contribution < -0.4 is 20.7 Å². The molecule has 0 aromatic heterocycles. The fraction of sp³-hybridized carbons (Fsp3) is 0.167. The van der Waals surface area contributed by atoms with Gasteiger partial charge in [-0.15, -0.1) is 0 Å². The van der Waals surface area contributed by atoms with Crippen molar-refractivity contribution in [3.8, 4) is 5.75 Å². The number of anilines is 1. The Bertz CT molecular complexity index is 1000. The molecule has 3 N–H and O–H groups in total. The maximum Gasteiger partial charge on any atom is 0.251 e. The van der Waals surface area contributed by atoms with Crippen LogP contribution in [-0.2, 0) is 13.2 Å². The minimum absolute atomic E-state index is 0.115. The van der Waals surface area contributed by atoms with Crippen molar-refractivity contribution in [1.82, 2.24) is 10.6 Å². The van der Waals surface area contributed by atoms with Crippen LogP contribution in [0.2, 0.25) is 0 Å². The molecule has 6 heteroatoms. The highest BCUT2D eigenvalue weighted by Crippen LogP contribution is 2.15. The van der Waals surface area contributed by atoms with Crippen molar-refractivity contribution in [3.63, 3.8) is 0 Å². The van der Waals surface area contributed by atoms with Gasteiger partial charge in [0.25, 0.3) is 5.91 Å². The highest BCUT2D eigenvalue weighted by Gasteiger charge is 2.07. The average molecular weight is 400 g/mol. The first-order valence-corrected chi connectivity index (χ1v) is 9.95. The molecule has 1 aliphatic heterocycles. The SMILES string of the molecule is O=C(NCc1ccc(NC2=NCCN2)cc1)c1ccc(OCc2ccccc2)cc1. The van der Waals surface area contributed by atoms with E-state index in [2.05, 4.69) is 20.9 Å². The first-order chi connectivity index (χ1) is 14.8. The van der Waals surface area contributed by atoms with Crippen LogP contribution in [0, 0.1) is 0 Å². The minimum atomic E-state index is -0.115. The highest BCUT2D eigenvalue weighted by atomic mass is 16.5. The summed E-state index contributed by atoms with van der Waals surface area (Å²) in [6, 6.07) is 25.1. The van der Waals surface area contributed by atoms with Crippen LogP contribution in [-0.4, -0.2) is 25.0 Å². The van der Waals surface area contributed by atoms with E-state index in [9.17, 15) is 4.79 Å². The van der Waals surface area contributed by atoms with Gasteiger partial charge in [0.15, 0.2) is 5.96 Å². The molecule has 0 saturated heterocycles. The molecule has 3 aromatic rings. The summed E-state index contributed by atoms with van der Waals surface area (Å²) in [5, 5.41) is 9.34. The van der Waals surface area contributed by atoms with Crippen molar-refractivity contribution < 1.29 is 9.53 Å². The molecule has 1 amide bonds. The Morgan fingerprint density at radius 2 is 1.70 bits per heavy atom. The first kappa shape index (κ1) is 19.5. The smallest absolute Gasteiger partial charge is 0.251 e. The Labute approximate surface area is 176 Å². The second kappa shape index (κ2) is 9.60. The quantitative estimate of drug-likeness (QED) is 0.567. The van der Waals surface area contributed by atoms with Gasteiger partial charge in [0.2, 0.25) is 0 Å². The van der Waals surface area contributed by atoms with Crippen molar-refractivity contribution in [1.29, 1.82) is 0 Å². The van der Waals surface area contributed by atoms with Crippen LogP contribution in [0.4, 0.5) is 5.69 Å². The van der Waals surface area contributed by atoms with Gasteiger partial charge in [-0.3, -0.25) is 9.79 Å². The lowest BCUT2D eigenvalue weighted by atomic mass is 10.1. The third-order valence-corrected chi connectivity index (χ3v) is 4.71. The molecule has 0 bridgehead atoms. The van der Waals surface area contributed by atoms with Gasteiger partial charge in [0, 0.05) is 24.3 Å². The molecule has 6 nitrogen and oxygen atoms in total. The summed E-state index contributed by atoms with van der Waals surface area (Å²) in [7, 11) is 0. The van der Waals surface area contributed by atoms with Gasteiger partial charge < -0.3 is 20.7 Å². The molecule has 1 heterocycles. The summed E-state index contributed by atoms with van der Waals surface area (Å²) < 4.78 is 5.76. The lowest BCUT2D eigenvalue weighted by Gasteiger charge is -2.09. The number of aliphatic imine (C=N–C) groups is 1. The molecule has 0 unspecified atom stereocenters. The van der Waals surface area contributed by atoms with Crippen molar-refractivity contribution in [2.24, 2.45) is 4.99 Å². The third-order valence-electron chi connectivity index (χ3n) is 4.71.